The third-order valence-corrected chi connectivity index (χ3v) is 1.32. The molecule has 0 N–H and O–H groups in total. The molecule has 0 spiro atoms. The van der Waals surface area contributed by atoms with Gasteiger partial charge in [-0.3, -0.25) is 0 Å². The molecule has 0 heterocycles. The Kier molecular flexibility index (Phi) is 9.25. The average molecular weight is 313 g/mol. The van der Waals surface area contributed by atoms with E-state index < -0.39 is 0 Å². The smallest absolute Gasteiger partial charge is 0 e. The van der Waals surface area contributed by atoms with Crippen LogP contribution in [0, 0.1) is 0 Å². The van der Waals surface area contributed by atoms with Gasteiger partial charge in [-0.05, 0) is 6.42 Å². The van der Waals surface area contributed by atoms with Crippen LogP contribution in [0.3, 0.4) is 0 Å². The van der Waals surface area contributed by atoms with Gasteiger partial charge in [-0.25, -0.2) is 0 Å². The molecule has 0 aromatic heterocycles. The predicted molar refractivity (Wildman–Crippen MR) is 41.6 cm³/mol. The normalized spacial score (nSPS) is 8.30. The van der Waals surface area contributed by atoms with Gasteiger partial charge in [-0.1, -0.05) is 39.7 Å². The Bertz CT molecular complexity index is 93.6. The molecule has 0 bridgehead atoms. The Labute approximate surface area is 77.2 Å². The molecular weight excluding hydrogens is 298 g/mol. The van der Waals surface area contributed by atoms with Crippen molar-refractivity contribution in [3.8, 4) is 0 Å². The van der Waals surface area contributed by atoms with E-state index in [4.69, 9.17) is 5.41 Å². The minimum Gasteiger partial charge on any atom is -0.475 e. The molecule has 0 fully saturated rings. The van der Waals surface area contributed by atoms with Crippen LogP contribution in [-0.2, 0) is 20.4 Å². The largest absolute Gasteiger partial charge is 0.475 e. The molecule has 0 unspecified atom stereocenters. The Hall–Kier alpha value is 0.132. The van der Waals surface area contributed by atoms with E-state index in [2.05, 4.69) is 6.92 Å². The number of nitrogens with zero attached hydrogens (tertiary/aromatic N) is 2. The fraction of sp³-hybridized carbons (Fsp3) is 0.857. The van der Waals surface area contributed by atoms with E-state index in [1.165, 1.54) is 0 Å². The van der Waals surface area contributed by atoms with E-state index in [1.807, 2.05) is 18.9 Å². The SMILES string of the molecule is CCCN(C)C(=[N-])CC.[Re]. The molecule has 10 heavy (non-hydrogen) atoms. The molecule has 0 rings (SSSR count). The van der Waals surface area contributed by atoms with Crippen LogP contribution in [0.2, 0.25) is 0 Å². The van der Waals surface area contributed by atoms with E-state index in [9.17, 15) is 0 Å². The number of amidine groups is 1. The first-order valence-corrected chi connectivity index (χ1v) is 3.48. The molecule has 0 atom stereocenters. The van der Waals surface area contributed by atoms with E-state index in [1.54, 1.807) is 0 Å². The molecule has 0 aliphatic carbocycles. The van der Waals surface area contributed by atoms with E-state index in [-0.39, 0.29) is 20.4 Å². The van der Waals surface area contributed by atoms with Crippen LogP contribution in [0.25, 0.3) is 5.41 Å². The summed E-state index contributed by atoms with van der Waals surface area (Å²) in [7, 11) is 1.91. The minimum atomic E-state index is 0. The molecule has 0 aromatic rings. The number of hydrogen-bond donors (Lipinski definition) is 0. The molecule has 3 heteroatoms. The van der Waals surface area contributed by atoms with E-state index in [0.29, 0.717) is 5.84 Å². The predicted octanol–water partition coefficient (Wildman–Crippen LogP) is 1.70. The zero-order valence-electron chi connectivity index (χ0n) is 6.89. The summed E-state index contributed by atoms with van der Waals surface area (Å²) >= 11 is 0. The summed E-state index contributed by atoms with van der Waals surface area (Å²) in [4.78, 5) is 1.88. The molecule has 0 aliphatic rings. The second-order valence-corrected chi connectivity index (χ2v) is 2.19. The maximum atomic E-state index is 9.10. The van der Waals surface area contributed by atoms with Gasteiger partial charge in [-0.15, -0.1) is 0 Å². The molecule has 0 aromatic carbocycles. The van der Waals surface area contributed by atoms with Gasteiger partial charge in [0.25, 0.3) is 0 Å². The van der Waals surface area contributed by atoms with Crippen molar-refractivity contribution < 1.29 is 20.4 Å². The van der Waals surface area contributed by atoms with Crippen LogP contribution in [0.1, 0.15) is 26.7 Å². The van der Waals surface area contributed by atoms with E-state index in [0.717, 1.165) is 19.4 Å². The fourth-order valence-electron chi connectivity index (χ4n) is 0.734. The Morgan fingerprint density at radius 3 is 2.20 bits per heavy atom. The second kappa shape index (κ2) is 7.24. The molecule has 2 nitrogen and oxygen atoms in total. The average Bonchev–Trinajstić information content (AvgIpc) is 1.87. The van der Waals surface area contributed by atoms with Crippen molar-refractivity contribution in [1.29, 1.82) is 0 Å². The van der Waals surface area contributed by atoms with E-state index >= 15 is 0 Å². The Balaban J connectivity index is 0. The van der Waals surface area contributed by atoms with Gasteiger partial charge in [0.1, 0.15) is 0 Å². The van der Waals surface area contributed by atoms with Crippen molar-refractivity contribution in [1.82, 2.24) is 4.90 Å². The van der Waals surface area contributed by atoms with Crippen LogP contribution < -0.4 is 0 Å². The van der Waals surface area contributed by atoms with Gasteiger partial charge in [0, 0.05) is 20.4 Å². The van der Waals surface area contributed by atoms with Gasteiger partial charge < -0.3 is 10.3 Å². The van der Waals surface area contributed by atoms with Gasteiger partial charge in [-0.2, -0.15) is 0 Å². The summed E-state index contributed by atoms with van der Waals surface area (Å²) in [6.45, 7) is 4.99. The molecule has 0 saturated carbocycles. The summed E-state index contributed by atoms with van der Waals surface area (Å²) in [6, 6.07) is 0. The van der Waals surface area contributed by atoms with Crippen molar-refractivity contribution in [2.45, 2.75) is 26.7 Å². The summed E-state index contributed by atoms with van der Waals surface area (Å²) in [5.41, 5.74) is 0. The third-order valence-electron chi connectivity index (χ3n) is 1.32. The topological polar surface area (TPSA) is 25.5 Å². The zero-order valence-corrected chi connectivity index (χ0v) is 9.61. The molecule has 1 radical (unpaired) electrons. The van der Waals surface area contributed by atoms with Gasteiger partial charge in [0.15, 0.2) is 0 Å². The van der Waals surface area contributed by atoms with Crippen molar-refractivity contribution >= 4 is 5.84 Å². The fourth-order valence-corrected chi connectivity index (χ4v) is 0.734. The summed E-state index contributed by atoms with van der Waals surface area (Å²) < 4.78 is 0. The summed E-state index contributed by atoms with van der Waals surface area (Å²) in [5, 5.41) is 9.10. The van der Waals surface area contributed by atoms with Crippen LogP contribution in [0.5, 0.6) is 0 Å². The second-order valence-electron chi connectivity index (χ2n) is 2.19. The third kappa shape index (κ3) is 4.96. The molecule has 0 amide bonds. The van der Waals surface area contributed by atoms with Crippen molar-refractivity contribution in [3.05, 3.63) is 5.41 Å². The molecule has 0 saturated heterocycles. The maximum absolute atomic E-state index is 9.10. The first-order valence-electron chi connectivity index (χ1n) is 3.48. The molecule has 0 aliphatic heterocycles. The first kappa shape index (κ1) is 12.8. The molecular formula is C7H15N2Re-. The number of rotatable bonds is 3. The summed E-state index contributed by atoms with van der Waals surface area (Å²) in [6.07, 6.45) is 1.82. The van der Waals surface area contributed by atoms with Gasteiger partial charge >= 0.3 is 0 Å². The van der Waals surface area contributed by atoms with Crippen LogP contribution in [0.4, 0.5) is 0 Å². The monoisotopic (exact) mass is 314 g/mol. The zero-order chi connectivity index (χ0) is 7.28. The first-order chi connectivity index (χ1) is 4.22. The van der Waals surface area contributed by atoms with Gasteiger partial charge in [0.05, 0.1) is 0 Å². The van der Waals surface area contributed by atoms with Crippen LogP contribution >= 0.6 is 0 Å². The summed E-state index contributed by atoms with van der Waals surface area (Å²) in [5.74, 6) is 0.483. The Morgan fingerprint density at radius 2 is 1.90 bits per heavy atom. The maximum Gasteiger partial charge on any atom is 0 e. The Morgan fingerprint density at radius 1 is 1.40 bits per heavy atom. The number of hydrogen-bond acceptors (Lipinski definition) is 0. The standard InChI is InChI=1S/C7H15N2.Re/c1-4-6-9(3)7(8)5-2;/h4-6H2,1-3H3;/q-1;. The quantitative estimate of drug-likeness (QED) is 0.575. The van der Waals surface area contributed by atoms with Crippen molar-refractivity contribution in [2.75, 3.05) is 13.6 Å². The minimum absolute atomic E-state index is 0. The molecule has 61 valence electrons. The van der Waals surface area contributed by atoms with Crippen LogP contribution in [0.15, 0.2) is 0 Å². The van der Waals surface area contributed by atoms with Gasteiger partial charge in [0.2, 0.25) is 0 Å². The van der Waals surface area contributed by atoms with Crippen molar-refractivity contribution in [2.24, 2.45) is 0 Å². The van der Waals surface area contributed by atoms with Crippen molar-refractivity contribution in [3.63, 3.8) is 0 Å². The van der Waals surface area contributed by atoms with Crippen LogP contribution in [-0.4, -0.2) is 24.3 Å².